The van der Waals surface area contributed by atoms with E-state index in [1.165, 1.54) is 0 Å². The topological polar surface area (TPSA) is 29.5 Å². The van der Waals surface area contributed by atoms with E-state index in [0.717, 1.165) is 36.8 Å². The number of fused-ring (bicyclic) bond motifs is 1. The fraction of sp³-hybridized carbons (Fsp3) is 0.0588. The molecule has 0 spiro atoms. The van der Waals surface area contributed by atoms with Gasteiger partial charge in [-0.3, -0.25) is 0 Å². The Morgan fingerprint density at radius 2 is 1.62 bits per heavy atom. The van der Waals surface area contributed by atoms with Gasteiger partial charge in [0.2, 0.25) is 0 Å². The average molecular weight is 408 g/mol. The van der Waals surface area contributed by atoms with Crippen LogP contribution in [0.5, 0.6) is 11.5 Å². The molecule has 3 rings (SSSR count). The standard InChI is InChI=1S/C17H12Br2O2/c18-14-4-2-13-9-15(5-3-12(13)8-14)21-17-6-1-11(10-20)7-16(17)19/h1-9,20H,10H2. The maximum atomic E-state index is 9.12. The van der Waals surface area contributed by atoms with E-state index in [9.17, 15) is 0 Å². The predicted molar refractivity (Wildman–Crippen MR) is 91.8 cm³/mol. The molecule has 0 atom stereocenters. The van der Waals surface area contributed by atoms with Crippen LogP contribution in [0.25, 0.3) is 10.8 Å². The van der Waals surface area contributed by atoms with Crippen molar-refractivity contribution in [3.63, 3.8) is 0 Å². The normalized spacial score (nSPS) is 10.8. The van der Waals surface area contributed by atoms with E-state index in [2.05, 4.69) is 44.0 Å². The third-order valence-corrected chi connectivity index (χ3v) is 4.29. The maximum Gasteiger partial charge on any atom is 0.141 e. The minimum Gasteiger partial charge on any atom is -0.456 e. The van der Waals surface area contributed by atoms with Crippen LogP contribution in [-0.2, 0) is 6.61 Å². The van der Waals surface area contributed by atoms with E-state index in [1.807, 2.05) is 42.5 Å². The fourth-order valence-corrected chi connectivity index (χ4v) is 3.00. The lowest BCUT2D eigenvalue weighted by Gasteiger charge is -2.10. The van der Waals surface area contributed by atoms with Crippen molar-refractivity contribution in [2.24, 2.45) is 0 Å². The second-order valence-corrected chi connectivity index (χ2v) is 6.45. The number of ether oxygens (including phenoxy) is 1. The Kier molecular flexibility index (Phi) is 4.29. The molecule has 0 bridgehead atoms. The van der Waals surface area contributed by atoms with Crippen LogP contribution >= 0.6 is 31.9 Å². The molecule has 1 N–H and O–H groups in total. The average Bonchev–Trinajstić information content (AvgIpc) is 2.49. The molecular weight excluding hydrogens is 396 g/mol. The molecule has 0 aromatic heterocycles. The van der Waals surface area contributed by atoms with Crippen molar-refractivity contribution in [2.75, 3.05) is 0 Å². The monoisotopic (exact) mass is 406 g/mol. The van der Waals surface area contributed by atoms with E-state index in [-0.39, 0.29) is 6.61 Å². The summed E-state index contributed by atoms with van der Waals surface area (Å²) in [5.41, 5.74) is 0.845. The van der Waals surface area contributed by atoms with Gasteiger partial charge in [0.15, 0.2) is 0 Å². The van der Waals surface area contributed by atoms with Crippen LogP contribution in [0.3, 0.4) is 0 Å². The molecule has 21 heavy (non-hydrogen) atoms. The Labute approximate surface area is 139 Å². The smallest absolute Gasteiger partial charge is 0.141 e. The van der Waals surface area contributed by atoms with Gasteiger partial charge in [0.25, 0.3) is 0 Å². The Balaban J connectivity index is 1.92. The van der Waals surface area contributed by atoms with Crippen molar-refractivity contribution in [3.05, 3.63) is 69.1 Å². The summed E-state index contributed by atoms with van der Waals surface area (Å²) in [6.45, 7) is 0.0176. The van der Waals surface area contributed by atoms with Gasteiger partial charge in [-0.05, 0) is 68.7 Å². The van der Waals surface area contributed by atoms with Crippen molar-refractivity contribution in [3.8, 4) is 11.5 Å². The molecule has 0 saturated carbocycles. The summed E-state index contributed by atoms with van der Waals surface area (Å²) < 4.78 is 7.79. The summed E-state index contributed by atoms with van der Waals surface area (Å²) in [6, 6.07) is 17.7. The number of aliphatic hydroxyl groups is 1. The third kappa shape index (κ3) is 3.28. The zero-order valence-electron chi connectivity index (χ0n) is 11.0. The van der Waals surface area contributed by atoms with E-state index < -0.39 is 0 Å². The van der Waals surface area contributed by atoms with Gasteiger partial charge in [0.05, 0.1) is 11.1 Å². The van der Waals surface area contributed by atoms with Gasteiger partial charge in [0, 0.05) is 4.47 Å². The van der Waals surface area contributed by atoms with Crippen molar-refractivity contribution >= 4 is 42.6 Å². The summed E-state index contributed by atoms with van der Waals surface area (Å²) >= 11 is 6.93. The molecule has 0 radical (unpaired) electrons. The molecule has 0 saturated heterocycles. The lowest BCUT2D eigenvalue weighted by Crippen LogP contribution is -1.88. The number of halogens is 2. The lowest BCUT2D eigenvalue weighted by molar-refractivity contribution is 0.281. The Morgan fingerprint density at radius 3 is 2.38 bits per heavy atom. The van der Waals surface area contributed by atoms with Crippen LogP contribution in [0.2, 0.25) is 0 Å². The summed E-state index contributed by atoms with van der Waals surface area (Å²) in [6.07, 6.45) is 0. The highest BCUT2D eigenvalue weighted by Crippen LogP contribution is 2.32. The summed E-state index contributed by atoms with van der Waals surface area (Å²) in [5.74, 6) is 1.51. The molecule has 0 heterocycles. The van der Waals surface area contributed by atoms with E-state index in [4.69, 9.17) is 9.84 Å². The fourth-order valence-electron chi connectivity index (χ4n) is 2.11. The minimum atomic E-state index is 0.0176. The van der Waals surface area contributed by atoms with Gasteiger partial charge >= 0.3 is 0 Å². The summed E-state index contributed by atoms with van der Waals surface area (Å²) in [7, 11) is 0. The number of aliphatic hydroxyl groups excluding tert-OH is 1. The number of hydrogen-bond acceptors (Lipinski definition) is 2. The van der Waals surface area contributed by atoms with Crippen LogP contribution in [0.4, 0.5) is 0 Å². The van der Waals surface area contributed by atoms with Crippen molar-refractivity contribution < 1.29 is 9.84 Å². The van der Waals surface area contributed by atoms with E-state index in [1.54, 1.807) is 0 Å². The summed E-state index contributed by atoms with van der Waals surface area (Å²) in [5, 5.41) is 11.4. The second kappa shape index (κ2) is 6.18. The molecule has 3 aromatic rings. The largest absolute Gasteiger partial charge is 0.456 e. The molecule has 0 aliphatic heterocycles. The number of benzene rings is 3. The molecule has 3 aromatic carbocycles. The van der Waals surface area contributed by atoms with Gasteiger partial charge in [-0.2, -0.15) is 0 Å². The lowest BCUT2D eigenvalue weighted by atomic mass is 10.1. The Morgan fingerprint density at radius 1 is 0.857 bits per heavy atom. The molecule has 2 nitrogen and oxygen atoms in total. The van der Waals surface area contributed by atoms with Crippen LogP contribution < -0.4 is 4.74 Å². The van der Waals surface area contributed by atoms with Gasteiger partial charge in [-0.15, -0.1) is 0 Å². The second-order valence-electron chi connectivity index (χ2n) is 4.68. The SMILES string of the molecule is OCc1ccc(Oc2ccc3cc(Br)ccc3c2)c(Br)c1. The van der Waals surface area contributed by atoms with E-state index in [0.29, 0.717) is 0 Å². The molecular formula is C17H12Br2O2. The molecule has 0 amide bonds. The first-order valence-corrected chi connectivity index (χ1v) is 8.01. The predicted octanol–water partition coefficient (Wildman–Crippen LogP) is 5.65. The highest BCUT2D eigenvalue weighted by molar-refractivity contribution is 9.10. The first-order valence-electron chi connectivity index (χ1n) is 6.42. The van der Waals surface area contributed by atoms with E-state index >= 15 is 0 Å². The molecule has 106 valence electrons. The van der Waals surface area contributed by atoms with Crippen LogP contribution in [0, 0.1) is 0 Å². The van der Waals surface area contributed by atoms with Crippen LogP contribution in [0.1, 0.15) is 5.56 Å². The van der Waals surface area contributed by atoms with Crippen molar-refractivity contribution in [2.45, 2.75) is 6.61 Å². The zero-order valence-corrected chi connectivity index (χ0v) is 14.2. The molecule has 0 unspecified atom stereocenters. The minimum absolute atomic E-state index is 0.0176. The highest BCUT2D eigenvalue weighted by atomic mass is 79.9. The Hall–Kier alpha value is -1.36. The van der Waals surface area contributed by atoms with Gasteiger partial charge in [0.1, 0.15) is 11.5 Å². The molecule has 4 heteroatoms. The Bertz CT molecular complexity index is 800. The molecule has 0 aliphatic carbocycles. The quantitative estimate of drug-likeness (QED) is 0.607. The first-order chi connectivity index (χ1) is 10.2. The van der Waals surface area contributed by atoms with Crippen molar-refractivity contribution in [1.82, 2.24) is 0 Å². The number of rotatable bonds is 3. The third-order valence-electron chi connectivity index (χ3n) is 3.18. The van der Waals surface area contributed by atoms with Gasteiger partial charge < -0.3 is 9.84 Å². The summed E-state index contributed by atoms with van der Waals surface area (Å²) in [4.78, 5) is 0. The zero-order chi connectivity index (χ0) is 14.8. The maximum absolute atomic E-state index is 9.12. The van der Waals surface area contributed by atoms with Gasteiger partial charge in [-0.25, -0.2) is 0 Å². The first kappa shape index (κ1) is 14.6. The molecule has 0 aliphatic rings. The highest BCUT2D eigenvalue weighted by Gasteiger charge is 2.05. The van der Waals surface area contributed by atoms with Crippen molar-refractivity contribution in [1.29, 1.82) is 0 Å². The van der Waals surface area contributed by atoms with Crippen LogP contribution in [0.15, 0.2) is 63.5 Å². The molecule has 0 fully saturated rings. The van der Waals surface area contributed by atoms with Crippen LogP contribution in [-0.4, -0.2) is 5.11 Å². The number of hydrogen-bond donors (Lipinski definition) is 1. The van der Waals surface area contributed by atoms with Gasteiger partial charge in [-0.1, -0.05) is 34.1 Å².